The van der Waals surface area contributed by atoms with Crippen LogP contribution in [0.25, 0.3) is 16.7 Å². The third-order valence-corrected chi connectivity index (χ3v) is 13.8. The van der Waals surface area contributed by atoms with Crippen LogP contribution in [-0.2, 0) is 21.4 Å². The van der Waals surface area contributed by atoms with Gasteiger partial charge in [-0.1, -0.05) is 6.07 Å². The van der Waals surface area contributed by atoms with Gasteiger partial charge in [0.05, 0.1) is 53.4 Å². The molecule has 3 atom stereocenters. The number of rotatable bonds is 10. The second-order valence-corrected chi connectivity index (χ2v) is 17.4. The number of imidazole rings is 1. The lowest BCUT2D eigenvalue weighted by molar-refractivity contribution is -0.135. The van der Waals surface area contributed by atoms with Crippen LogP contribution in [0, 0.1) is 5.92 Å². The van der Waals surface area contributed by atoms with Crippen molar-refractivity contribution < 1.29 is 27.9 Å². The molecule has 4 aromatic heterocycles. The van der Waals surface area contributed by atoms with Crippen molar-refractivity contribution in [3.63, 3.8) is 0 Å². The minimum Gasteiger partial charge on any atom is -0.374 e. The Labute approximate surface area is 349 Å². The van der Waals surface area contributed by atoms with Crippen molar-refractivity contribution in [1.82, 2.24) is 43.7 Å². The van der Waals surface area contributed by atoms with E-state index in [0.717, 1.165) is 88.1 Å². The molecule has 61 heavy (non-hydrogen) atoms. The number of aryl methyl sites for hydroxylation is 1. The van der Waals surface area contributed by atoms with E-state index < -0.39 is 30.0 Å². The Morgan fingerprint density at radius 2 is 1.85 bits per heavy atom. The molecule has 8 heterocycles. The van der Waals surface area contributed by atoms with Gasteiger partial charge in [-0.25, -0.2) is 23.1 Å². The molecule has 19 heteroatoms. The van der Waals surface area contributed by atoms with Crippen molar-refractivity contribution >= 4 is 51.6 Å². The number of carbonyl (C=O) groups excluding carboxylic acids is 3. The van der Waals surface area contributed by atoms with Gasteiger partial charge in [0.1, 0.15) is 17.4 Å². The molecule has 4 saturated heterocycles. The highest BCUT2D eigenvalue weighted by Gasteiger charge is 2.40. The number of nitrogens with one attached hydrogen (secondary N) is 2. The molecule has 10 rings (SSSR count). The average Bonchev–Trinajstić information content (AvgIpc) is 4.11. The highest BCUT2D eigenvalue weighted by Crippen LogP contribution is 2.37. The first-order chi connectivity index (χ1) is 29.5. The Bertz CT molecular complexity index is 2570. The Hall–Kier alpha value is -5.69. The maximum absolute atomic E-state index is 14.3. The van der Waals surface area contributed by atoms with Crippen LogP contribution in [0.5, 0.6) is 0 Å². The van der Waals surface area contributed by atoms with E-state index in [1.807, 2.05) is 24.3 Å². The van der Waals surface area contributed by atoms with Gasteiger partial charge in [0.25, 0.3) is 12.3 Å². The van der Waals surface area contributed by atoms with Crippen LogP contribution in [0.15, 0.2) is 47.7 Å². The number of nitrogens with zero attached hydrogens (tertiary/aromatic N) is 10. The summed E-state index contributed by atoms with van der Waals surface area (Å²) in [4.78, 5) is 63.3. The number of morpholine rings is 1. The Kier molecular flexibility index (Phi) is 10.1. The molecule has 0 spiro atoms. The van der Waals surface area contributed by atoms with E-state index in [-0.39, 0.29) is 47.5 Å². The molecule has 17 nitrogen and oxygen atoms in total. The van der Waals surface area contributed by atoms with Crippen molar-refractivity contribution in [2.45, 2.75) is 94.5 Å². The molecule has 2 N–H and O–H groups in total. The predicted molar refractivity (Wildman–Crippen MR) is 221 cm³/mol. The van der Waals surface area contributed by atoms with E-state index >= 15 is 0 Å². The maximum atomic E-state index is 14.3. The van der Waals surface area contributed by atoms with Gasteiger partial charge in [-0.05, 0) is 82.5 Å². The van der Waals surface area contributed by atoms with E-state index in [9.17, 15) is 28.0 Å². The van der Waals surface area contributed by atoms with Crippen molar-refractivity contribution in [3.05, 3.63) is 64.6 Å². The third-order valence-electron chi connectivity index (χ3n) is 13.8. The van der Waals surface area contributed by atoms with Crippen molar-refractivity contribution in [2.24, 2.45) is 13.0 Å². The Balaban J connectivity index is 0.748. The van der Waals surface area contributed by atoms with Gasteiger partial charge in [0.2, 0.25) is 11.8 Å². The normalized spacial score (nSPS) is 24.9. The number of benzene rings is 1. The summed E-state index contributed by atoms with van der Waals surface area (Å²) in [6, 6.07) is 7.52. The van der Waals surface area contributed by atoms with E-state index in [4.69, 9.17) is 9.72 Å². The summed E-state index contributed by atoms with van der Waals surface area (Å²) in [6.07, 6.45) is 8.78. The van der Waals surface area contributed by atoms with Crippen LogP contribution in [-0.4, -0.2) is 114 Å². The van der Waals surface area contributed by atoms with Gasteiger partial charge >= 0.3 is 5.69 Å². The summed E-state index contributed by atoms with van der Waals surface area (Å²) < 4.78 is 40.7. The monoisotopic (exact) mass is 840 g/mol. The van der Waals surface area contributed by atoms with Crippen LogP contribution in [0.2, 0.25) is 0 Å². The molecular weight excluding hydrogens is 791 g/mol. The zero-order chi connectivity index (χ0) is 42.1. The smallest absolute Gasteiger partial charge is 0.329 e. The highest BCUT2D eigenvalue weighted by molar-refractivity contribution is 6.08. The SMILES string of the molecule is CN(CC1CCC(n2cc(NC(=O)c3cnn4ccc(N5C[C@H]6C[C@@H]5CO6)nc34)c(C(F)F)n2)CC1)C1CCN(c2cccc3c2n(C)c(=O)n3C2CCC(=O)NC2=O)CC1. The average molecular weight is 841 g/mol. The summed E-state index contributed by atoms with van der Waals surface area (Å²) in [5.74, 6) is -0.152. The number of halogens is 2. The second-order valence-electron chi connectivity index (χ2n) is 17.4. The van der Waals surface area contributed by atoms with Crippen molar-refractivity contribution in [1.29, 1.82) is 0 Å². The molecule has 4 aliphatic heterocycles. The lowest BCUT2D eigenvalue weighted by Crippen LogP contribution is -2.45. The fourth-order valence-electron chi connectivity index (χ4n) is 10.5. The molecular formula is C42H50F2N12O5. The number of amides is 3. The fourth-order valence-corrected chi connectivity index (χ4v) is 10.5. The van der Waals surface area contributed by atoms with Crippen molar-refractivity contribution in [3.8, 4) is 0 Å². The molecule has 3 amide bonds. The highest BCUT2D eigenvalue weighted by atomic mass is 19.3. The molecule has 1 aliphatic carbocycles. The van der Waals surface area contributed by atoms with E-state index in [0.29, 0.717) is 36.2 Å². The zero-order valence-electron chi connectivity index (χ0n) is 34.3. The number of aromatic nitrogens is 7. The van der Waals surface area contributed by atoms with E-state index in [1.165, 1.54) is 21.5 Å². The molecule has 1 unspecified atom stereocenters. The number of hydrogen-bond donors (Lipinski definition) is 2. The van der Waals surface area contributed by atoms with Crippen LogP contribution < -0.4 is 26.1 Å². The lowest BCUT2D eigenvalue weighted by atomic mass is 9.85. The van der Waals surface area contributed by atoms with Crippen molar-refractivity contribution in [2.75, 3.05) is 55.0 Å². The number of imide groups is 1. The topological polar surface area (TPSA) is 169 Å². The number of fused-ring (bicyclic) bond motifs is 4. The van der Waals surface area contributed by atoms with Crippen LogP contribution in [0.4, 0.5) is 26.0 Å². The van der Waals surface area contributed by atoms with Gasteiger partial charge in [-0.15, -0.1) is 0 Å². The number of ether oxygens (including phenoxy) is 1. The molecule has 1 saturated carbocycles. The van der Waals surface area contributed by atoms with Crippen LogP contribution in [0.3, 0.4) is 0 Å². The molecule has 5 fully saturated rings. The first-order valence-electron chi connectivity index (χ1n) is 21.4. The standard InChI is InChI=1S/C42H50F2N12O5/c1-50(25-12-15-52(16-13-25)31-4-3-5-32-37(31)51(2)42(60)56(32)33-10-11-35(57)48-41(33)59)20-24-6-8-26(9-7-24)55-22-30(36(49-55)38(43)44)46-40(58)29-19-45-54-17-14-34(47-39(29)54)53-21-28-18-27(53)23-61-28/h3-5,14,17,19,22,24-28,33,38H,6-13,15-16,18,20-21,23H2,1-2H3,(H,46,58)(H,48,57,59)/t24?,26?,27-,28-,33?/m1/s1. The fraction of sp³-hybridized carbons (Fsp3) is 0.548. The van der Waals surface area contributed by atoms with E-state index in [1.54, 1.807) is 22.5 Å². The third kappa shape index (κ3) is 7.14. The summed E-state index contributed by atoms with van der Waals surface area (Å²) in [5, 5.41) is 13.7. The summed E-state index contributed by atoms with van der Waals surface area (Å²) >= 11 is 0. The minimum atomic E-state index is -2.87. The van der Waals surface area contributed by atoms with E-state index in [2.05, 4.69) is 42.6 Å². The molecule has 0 radical (unpaired) electrons. The van der Waals surface area contributed by atoms with Gasteiger partial charge in [0, 0.05) is 58.1 Å². The first-order valence-corrected chi connectivity index (χ1v) is 21.4. The molecule has 1 aromatic carbocycles. The zero-order valence-corrected chi connectivity index (χ0v) is 34.3. The maximum Gasteiger partial charge on any atom is 0.329 e. The van der Waals surface area contributed by atoms with Gasteiger partial charge in [0.15, 0.2) is 11.3 Å². The Morgan fingerprint density at radius 1 is 1.05 bits per heavy atom. The summed E-state index contributed by atoms with van der Waals surface area (Å²) in [6.45, 7) is 3.93. The molecule has 5 aliphatic rings. The minimum absolute atomic E-state index is 0.0111. The largest absolute Gasteiger partial charge is 0.374 e. The Morgan fingerprint density at radius 3 is 2.57 bits per heavy atom. The molecule has 2 bridgehead atoms. The first kappa shape index (κ1) is 39.4. The number of para-hydroxylation sites is 1. The quantitative estimate of drug-likeness (QED) is 0.195. The number of piperidine rings is 2. The summed E-state index contributed by atoms with van der Waals surface area (Å²) in [7, 11) is 3.91. The van der Waals surface area contributed by atoms with Gasteiger partial charge < -0.3 is 24.8 Å². The number of anilines is 3. The van der Waals surface area contributed by atoms with Gasteiger partial charge in [-0.2, -0.15) is 10.2 Å². The van der Waals surface area contributed by atoms with Crippen LogP contribution in [0.1, 0.15) is 92.3 Å². The predicted octanol–water partition coefficient (Wildman–Crippen LogP) is 4.06. The number of alkyl halides is 2. The van der Waals surface area contributed by atoms with Gasteiger partial charge in [-0.3, -0.25) is 33.5 Å². The van der Waals surface area contributed by atoms with Crippen LogP contribution >= 0.6 is 0 Å². The summed E-state index contributed by atoms with van der Waals surface area (Å²) in [5.41, 5.74) is 2.23. The second kappa shape index (κ2) is 15.6. The number of hydrogen-bond acceptors (Lipinski definition) is 11. The lowest BCUT2D eigenvalue weighted by Gasteiger charge is -2.40. The number of carbonyl (C=O) groups is 3. The molecule has 322 valence electrons. The molecule has 5 aromatic rings.